The molecule has 144 valence electrons. The SMILES string of the molecule is COC(=O)N=P(c1ccccc1)(c1ccccc1)[C@@H](C)[C@@H](O)c1ccccc1. The van der Waals surface area contributed by atoms with Crippen molar-refractivity contribution < 1.29 is 14.6 Å². The molecule has 0 spiro atoms. The van der Waals surface area contributed by atoms with Crippen LogP contribution in [-0.2, 0) is 4.74 Å². The Bertz CT molecular complexity index is 915. The van der Waals surface area contributed by atoms with Gasteiger partial charge < -0.3 is 9.84 Å². The fourth-order valence-corrected chi connectivity index (χ4v) is 7.26. The number of benzene rings is 3. The van der Waals surface area contributed by atoms with Crippen molar-refractivity contribution in [3.8, 4) is 0 Å². The molecule has 0 aliphatic heterocycles. The van der Waals surface area contributed by atoms with Crippen LogP contribution in [0.25, 0.3) is 0 Å². The van der Waals surface area contributed by atoms with Crippen molar-refractivity contribution in [1.82, 2.24) is 0 Å². The number of aliphatic hydroxyl groups excluding tert-OH is 1. The highest BCUT2D eigenvalue weighted by Gasteiger charge is 2.37. The predicted octanol–water partition coefficient (Wildman–Crippen LogP) is 4.73. The molecule has 1 N–H and O–H groups in total. The van der Waals surface area contributed by atoms with E-state index >= 15 is 0 Å². The van der Waals surface area contributed by atoms with Crippen LogP contribution >= 0.6 is 7.05 Å². The number of hydrogen-bond donors (Lipinski definition) is 1. The van der Waals surface area contributed by atoms with E-state index in [0.29, 0.717) is 0 Å². The van der Waals surface area contributed by atoms with Crippen LogP contribution in [0.4, 0.5) is 4.79 Å². The first kappa shape index (κ1) is 20.1. The van der Waals surface area contributed by atoms with Crippen molar-refractivity contribution in [2.45, 2.75) is 18.7 Å². The molecular formula is C23H24NO3P. The molecule has 0 radical (unpaired) electrons. The van der Waals surface area contributed by atoms with Gasteiger partial charge in [0.05, 0.1) is 13.2 Å². The third-order valence-corrected chi connectivity index (χ3v) is 9.01. The smallest absolute Gasteiger partial charge is 0.432 e. The van der Waals surface area contributed by atoms with E-state index in [4.69, 9.17) is 4.74 Å². The molecule has 0 aliphatic carbocycles. The molecule has 0 heterocycles. The number of amides is 1. The summed E-state index contributed by atoms with van der Waals surface area (Å²) in [6, 6.07) is 29.0. The molecule has 1 amide bonds. The van der Waals surface area contributed by atoms with Crippen LogP contribution in [0.3, 0.4) is 0 Å². The van der Waals surface area contributed by atoms with E-state index in [1.165, 1.54) is 7.11 Å². The molecule has 0 aromatic heterocycles. The van der Waals surface area contributed by atoms with Crippen molar-refractivity contribution in [3.63, 3.8) is 0 Å². The molecule has 0 saturated heterocycles. The summed E-state index contributed by atoms with van der Waals surface area (Å²) in [5.74, 6) is 0. The zero-order valence-electron chi connectivity index (χ0n) is 16.0. The average Bonchev–Trinajstić information content (AvgIpc) is 2.78. The first-order chi connectivity index (χ1) is 13.6. The van der Waals surface area contributed by atoms with Crippen molar-refractivity contribution in [1.29, 1.82) is 0 Å². The van der Waals surface area contributed by atoms with E-state index < -0.39 is 19.3 Å². The van der Waals surface area contributed by atoms with Gasteiger partial charge in [0, 0.05) is 12.7 Å². The van der Waals surface area contributed by atoms with Crippen molar-refractivity contribution >= 4 is 23.8 Å². The Morgan fingerprint density at radius 2 is 1.29 bits per heavy atom. The third-order valence-electron chi connectivity index (χ3n) is 4.90. The van der Waals surface area contributed by atoms with E-state index in [-0.39, 0.29) is 5.66 Å². The van der Waals surface area contributed by atoms with Crippen LogP contribution in [0.1, 0.15) is 18.6 Å². The predicted molar refractivity (Wildman–Crippen MR) is 115 cm³/mol. The van der Waals surface area contributed by atoms with Crippen LogP contribution < -0.4 is 10.6 Å². The maximum atomic E-state index is 12.4. The van der Waals surface area contributed by atoms with Crippen LogP contribution in [0.2, 0.25) is 0 Å². The number of carbonyl (C=O) groups is 1. The Morgan fingerprint density at radius 1 is 0.857 bits per heavy atom. The van der Waals surface area contributed by atoms with Crippen LogP contribution in [-0.4, -0.2) is 24.0 Å². The summed E-state index contributed by atoms with van der Waals surface area (Å²) in [5, 5.41) is 13.1. The van der Waals surface area contributed by atoms with Crippen LogP contribution in [0, 0.1) is 0 Å². The zero-order chi connectivity index (χ0) is 20.0. The van der Waals surface area contributed by atoms with Gasteiger partial charge in [-0.05, 0) is 16.2 Å². The van der Waals surface area contributed by atoms with Gasteiger partial charge in [-0.2, -0.15) is 4.74 Å². The van der Waals surface area contributed by atoms with Gasteiger partial charge in [-0.15, -0.1) is 0 Å². The number of aliphatic hydroxyl groups is 1. The highest BCUT2D eigenvalue weighted by atomic mass is 31.2. The summed E-state index contributed by atoms with van der Waals surface area (Å²) in [7, 11) is -1.36. The standard InChI is InChI=1S/C23H24NO3P/c1-18(22(25)19-12-6-3-7-13-19)28(24-23(26)27-2,20-14-8-4-9-15-20)21-16-10-5-11-17-21/h3-18,22,25H,1-2H3/t18-,22+/m0/s1. The maximum absolute atomic E-state index is 12.4. The summed E-state index contributed by atoms with van der Waals surface area (Å²) < 4.78 is 9.53. The molecule has 3 rings (SSSR count). The maximum Gasteiger partial charge on any atom is 0.432 e. The Labute approximate surface area is 165 Å². The number of methoxy groups -OCH3 is 1. The van der Waals surface area contributed by atoms with Crippen molar-refractivity contribution in [2.75, 3.05) is 7.11 Å². The molecule has 0 saturated carbocycles. The van der Waals surface area contributed by atoms with E-state index in [2.05, 4.69) is 4.74 Å². The topological polar surface area (TPSA) is 58.9 Å². The Morgan fingerprint density at radius 3 is 1.71 bits per heavy atom. The van der Waals surface area contributed by atoms with Crippen molar-refractivity contribution in [2.24, 2.45) is 4.74 Å². The lowest BCUT2D eigenvalue weighted by molar-refractivity contribution is 0.176. The molecule has 3 aromatic rings. The molecule has 0 unspecified atom stereocenters. The van der Waals surface area contributed by atoms with Gasteiger partial charge in [-0.25, -0.2) is 4.79 Å². The molecule has 2 atom stereocenters. The van der Waals surface area contributed by atoms with Gasteiger partial charge in [-0.1, -0.05) is 97.9 Å². The second kappa shape index (κ2) is 9.01. The normalized spacial score (nSPS) is 13.4. The molecule has 0 aliphatic rings. The molecule has 3 aromatic carbocycles. The molecule has 0 bridgehead atoms. The van der Waals surface area contributed by atoms with Gasteiger partial charge in [0.2, 0.25) is 0 Å². The lowest BCUT2D eigenvalue weighted by Gasteiger charge is -2.34. The summed E-state index contributed by atoms with van der Waals surface area (Å²) in [4.78, 5) is 12.4. The molecule has 4 nitrogen and oxygen atoms in total. The molecule has 5 heteroatoms. The van der Waals surface area contributed by atoms with Crippen LogP contribution in [0.15, 0.2) is 95.7 Å². The van der Waals surface area contributed by atoms with Gasteiger partial charge in [-0.3, -0.25) is 0 Å². The van der Waals surface area contributed by atoms with Gasteiger partial charge in [0.25, 0.3) is 0 Å². The molecule has 28 heavy (non-hydrogen) atoms. The lowest BCUT2D eigenvalue weighted by atomic mass is 10.1. The minimum atomic E-state index is -2.69. The minimum Gasteiger partial charge on any atom is -0.451 e. The second-order valence-corrected chi connectivity index (χ2v) is 9.94. The van der Waals surface area contributed by atoms with Crippen molar-refractivity contribution in [3.05, 3.63) is 96.6 Å². The number of carbonyl (C=O) groups excluding carboxylic acids is 1. The zero-order valence-corrected chi connectivity index (χ0v) is 16.9. The number of rotatable bonds is 5. The van der Waals surface area contributed by atoms with Gasteiger partial charge in [0.15, 0.2) is 0 Å². The molecule has 0 fully saturated rings. The Hall–Kier alpha value is -2.68. The van der Waals surface area contributed by atoms with E-state index in [1.54, 1.807) is 0 Å². The largest absolute Gasteiger partial charge is 0.451 e. The fraction of sp³-hybridized carbons (Fsp3) is 0.174. The van der Waals surface area contributed by atoms with E-state index in [0.717, 1.165) is 16.2 Å². The Kier molecular flexibility index (Phi) is 6.45. The number of ether oxygens (including phenoxy) is 1. The number of nitrogens with zero attached hydrogens (tertiary/aromatic N) is 1. The van der Waals surface area contributed by atoms with Gasteiger partial charge in [0.1, 0.15) is 0 Å². The second-order valence-electron chi connectivity index (χ2n) is 6.52. The highest BCUT2D eigenvalue weighted by molar-refractivity contribution is 7.81. The summed E-state index contributed by atoms with van der Waals surface area (Å²) in [5.41, 5.74) is 0.463. The van der Waals surface area contributed by atoms with Crippen LogP contribution in [0.5, 0.6) is 0 Å². The average molecular weight is 393 g/mol. The first-order valence-corrected chi connectivity index (χ1v) is 10.9. The first-order valence-electron chi connectivity index (χ1n) is 9.14. The summed E-state index contributed by atoms with van der Waals surface area (Å²) in [6.45, 7) is 1.96. The van der Waals surface area contributed by atoms with Gasteiger partial charge >= 0.3 is 6.09 Å². The summed E-state index contributed by atoms with van der Waals surface area (Å²) in [6.07, 6.45) is -1.42. The highest BCUT2D eigenvalue weighted by Crippen LogP contribution is 2.56. The fourth-order valence-electron chi connectivity index (χ4n) is 3.44. The quantitative estimate of drug-likeness (QED) is 0.638. The third kappa shape index (κ3) is 3.94. The minimum absolute atomic E-state index is 0.334. The summed E-state index contributed by atoms with van der Waals surface area (Å²) >= 11 is 0. The van der Waals surface area contributed by atoms with E-state index in [9.17, 15) is 9.90 Å². The lowest BCUT2D eigenvalue weighted by Crippen LogP contribution is -2.29. The Balaban J connectivity index is 2.29. The number of hydrogen-bond acceptors (Lipinski definition) is 3. The monoisotopic (exact) mass is 393 g/mol. The van der Waals surface area contributed by atoms with E-state index in [1.807, 2.05) is 97.9 Å². The molecular weight excluding hydrogens is 369 g/mol.